The van der Waals surface area contributed by atoms with E-state index in [1.807, 2.05) is 58.7 Å². The molecular weight excluding hydrogens is 322 g/mol. The van der Waals surface area contributed by atoms with Crippen LogP contribution in [0.15, 0.2) is 54.0 Å². The summed E-state index contributed by atoms with van der Waals surface area (Å²) in [5.41, 5.74) is 2.45. The van der Waals surface area contributed by atoms with Crippen LogP contribution in [0.1, 0.15) is 15.9 Å². The number of carbonyl (C=O) groups is 1. The highest BCUT2D eigenvalue weighted by Gasteiger charge is 2.18. The minimum Gasteiger partial charge on any atom is -0.383 e. The van der Waals surface area contributed by atoms with Crippen molar-refractivity contribution in [3.63, 3.8) is 0 Å². The second kappa shape index (κ2) is 7.90. The van der Waals surface area contributed by atoms with Gasteiger partial charge in [0.25, 0.3) is 5.91 Å². The largest absolute Gasteiger partial charge is 0.383 e. The first kappa shape index (κ1) is 16.4. The maximum atomic E-state index is 12.5. The molecule has 0 saturated heterocycles. The third kappa shape index (κ3) is 3.90. The number of amides is 1. The fourth-order valence-corrected chi connectivity index (χ4v) is 3.12. The number of thiophene rings is 1. The summed E-state index contributed by atoms with van der Waals surface area (Å²) in [4.78, 5) is 13.5. The van der Waals surface area contributed by atoms with Gasteiger partial charge >= 0.3 is 0 Å². The third-order valence-electron chi connectivity index (χ3n) is 3.54. The SMILES string of the molecule is COCCNC(=O)c1cn(Cc2ccccc2)nc1-c1cccs1. The topological polar surface area (TPSA) is 56.1 Å². The van der Waals surface area contributed by atoms with Crippen LogP contribution in [0.2, 0.25) is 0 Å². The van der Waals surface area contributed by atoms with Gasteiger partial charge in [0.2, 0.25) is 0 Å². The van der Waals surface area contributed by atoms with E-state index >= 15 is 0 Å². The summed E-state index contributed by atoms with van der Waals surface area (Å²) in [7, 11) is 1.61. The van der Waals surface area contributed by atoms with Crippen molar-refractivity contribution in [2.45, 2.75) is 6.54 Å². The summed E-state index contributed by atoms with van der Waals surface area (Å²) in [6.45, 7) is 1.59. The number of carbonyl (C=O) groups excluding carboxylic acids is 1. The molecule has 0 aliphatic carbocycles. The average molecular weight is 341 g/mol. The Morgan fingerprint density at radius 2 is 2.08 bits per heavy atom. The summed E-state index contributed by atoms with van der Waals surface area (Å²) in [6.07, 6.45) is 1.81. The van der Waals surface area contributed by atoms with Crippen molar-refractivity contribution >= 4 is 17.2 Å². The van der Waals surface area contributed by atoms with Crippen LogP contribution in [-0.4, -0.2) is 35.9 Å². The predicted molar refractivity (Wildman–Crippen MR) is 95.3 cm³/mol. The fraction of sp³-hybridized carbons (Fsp3) is 0.222. The van der Waals surface area contributed by atoms with Crippen LogP contribution in [0.3, 0.4) is 0 Å². The summed E-state index contributed by atoms with van der Waals surface area (Å²) >= 11 is 1.58. The van der Waals surface area contributed by atoms with Gasteiger partial charge in [0.1, 0.15) is 5.69 Å². The minimum absolute atomic E-state index is 0.130. The first-order valence-corrected chi connectivity index (χ1v) is 8.58. The van der Waals surface area contributed by atoms with E-state index in [4.69, 9.17) is 4.74 Å². The molecule has 1 amide bonds. The van der Waals surface area contributed by atoms with E-state index in [0.717, 1.165) is 16.1 Å². The van der Waals surface area contributed by atoms with Crippen LogP contribution in [-0.2, 0) is 11.3 Å². The highest BCUT2D eigenvalue weighted by atomic mass is 32.1. The molecule has 1 aromatic carbocycles. The quantitative estimate of drug-likeness (QED) is 0.672. The second-order valence-electron chi connectivity index (χ2n) is 5.30. The van der Waals surface area contributed by atoms with Gasteiger partial charge in [-0.3, -0.25) is 9.48 Å². The van der Waals surface area contributed by atoms with E-state index in [2.05, 4.69) is 10.4 Å². The zero-order valence-electron chi connectivity index (χ0n) is 13.4. The van der Waals surface area contributed by atoms with Gasteiger partial charge in [-0.15, -0.1) is 11.3 Å². The van der Waals surface area contributed by atoms with E-state index < -0.39 is 0 Å². The molecule has 0 spiro atoms. The molecule has 0 fully saturated rings. The molecule has 3 aromatic rings. The molecule has 0 saturated carbocycles. The second-order valence-corrected chi connectivity index (χ2v) is 6.25. The maximum Gasteiger partial charge on any atom is 0.255 e. The molecule has 0 unspecified atom stereocenters. The van der Waals surface area contributed by atoms with E-state index in [0.29, 0.717) is 25.3 Å². The summed E-state index contributed by atoms with van der Waals surface area (Å²) in [6, 6.07) is 14.0. The Morgan fingerprint density at radius 1 is 1.25 bits per heavy atom. The number of aromatic nitrogens is 2. The Kier molecular flexibility index (Phi) is 5.40. The van der Waals surface area contributed by atoms with Crippen molar-refractivity contribution in [3.05, 3.63) is 65.2 Å². The smallest absolute Gasteiger partial charge is 0.255 e. The van der Waals surface area contributed by atoms with Gasteiger partial charge in [0.05, 0.1) is 23.6 Å². The van der Waals surface area contributed by atoms with E-state index in [9.17, 15) is 4.79 Å². The molecule has 124 valence electrons. The van der Waals surface area contributed by atoms with Crippen LogP contribution >= 0.6 is 11.3 Å². The van der Waals surface area contributed by atoms with Gasteiger partial charge < -0.3 is 10.1 Å². The summed E-state index contributed by atoms with van der Waals surface area (Å²) in [5, 5.41) is 9.48. The highest BCUT2D eigenvalue weighted by Crippen LogP contribution is 2.27. The number of rotatable bonds is 7. The number of ether oxygens (including phenoxy) is 1. The molecule has 2 aromatic heterocycles. The predicted octanol–water partition coefficient (Wildman–Crippen LogP) is 3.04. The Morgan fingerprint density at radius 3 is 2.79 bits per heavy atom. The fourth-order valence-electron chi connectivity index (χ4n) is 2.40. The van der Waals surface area contributed by atoms with Crippen molar-refractivity contribution < 1.29 is 9.53 Å². The van der Waals surface area contributed by atoms with Crippen molar-refractivity contribution in [3.8, 4) is 10.6 Å². The number of nitrogens with one attached hydrogen (secondary N) is 1. The summed E-state index contributed by atoms with van der Waals surface area (Å²) in [5.74, 6) is -0.130. The molecule has 24 heavy (non-hydrogen) atoms. The molecular formula is C18H19N3O2S. The molecule has 2 heterocycles. The lowest BCUT2D eigenvalue weighted by atomic mass is 10.2. The number of hydrogen-bond acceptors (Lipinski definition) is 4. The van der Waals surface area contributed by atoms with Crippen LogP contribution in [0.4, 0.5) is 0 Å². The lowest BCUT2D eigenvalue weighted by molar-refractivity contribution is 0.0937. The molecule has 0 atom stereocenters. The Bertz CT molecular complexity index is 782. The van der Waals surface area contributed by atoms with Gasteiger partial charge in [-0.05, 0) is 17.0 Å². The minimum atomic E-state index is -0.130. The summed E-state index contributed by atoms with van der Waals surface area (Å²) < 4.78 is 6.80. The highest BCUT2D eigenvalue weighted by molar-refractivity contribution is 7.13. The third-order valence-corrected chi connectivity index (χ3v) is 4.42. The van der Waals surface area contributed by atoms with Crippen LogP contribution in [0.25, 0.3) is 10.6 Å². The Labute approximate surface area is 144 Å². The van der Waals surface area contributed by atoms with Gasteiger partial charge in [-0.2, -0.15) is 5.10 Å². The average Bonchev–Trinajstić information content (AvgIpc) is 3.25. The molecule has 0 aliphatic heterocycles. The molecule has 6 heteroatoms. The first-order chi connectivity index (χ1) is 11.8. The Balaban J connectivity index is 1.86. The van der Waals surface area contributed by atoms with Crippen molar-refractivity contribution in [1.29, 1.82) is 0 Å². The van der Waals surface area contributed by atoms with Crippen LogP contribution < -0.4 is 5.32 Å². The molecule has 3 rings (SSSR count). The van der Waals surface area contributed by atoms with Crippen LogP contribution in [0, 0.1) is 0 Å². The van der Waals surface area contributed by atoms with Crippen molar-refractivity contribution in [1.82, 2.24) is 15.1 Å². The van der Waals surface area contributed by atoms with Gasteiger partial charge in [-0.25, -0.2) is 0 Å². The van der Waals surface area contributed by atoms with Gasteiger partial charge in [0.15, 0.2) is 0 Å². The number of methoxy groups -OCH3 is 1. The molecule has 0 radical (unpaired) electrons. The lowest BCUT2D eigenvalue weighted by Crippen LogP contribution is -2.27. The van der Waals surface area contributed by atoms with Gasteiger partial charge in [-0.1, -0.05) is 36.4 Å². The van der Waals surface area contributed by atoms with Crippen molar-refractivity contribution in [2.75, 3.05) is 20.3 Å². The van der Waals surface area contributed by atoms with Crippen molar-refractivity contribution in [2.24, 2.45) is 0 Å². The number of nitrogens with zero attached hydrogens (tertiary/aromatic N) is 2. The van der Waals surface area contributed by atoms with E-state index in [1.54, 1.807) is 18.4 Å². The molecule has 0 aliphatic rings. The maximum absolute atomic E-state index is 12.5. The standard InChI is InChI=1S/C18H19N3O2S/c1-23-10-9-19-18(22)15-13-21(12-14-6-3-2-4-7-14)20-17(15)16-8-5-11-24-16/h2-8,11,13H,9-10,12H2,1H3,(H,19,22). The normalized spacial score (nSPS) is 10.7. The monoisotopic (exact) mass is 341 g/mol. The van der Waals surface area contributed by atoms with E-state index in [-0.39, 0.29) is 5.91 Å². The Hall–Kier alpha value is -2.44. The number of benzene rings is 1. The molecule has 1 N–H and O–H groups in total. The van der Waals surface area contributed by atoms with Gasteiger partial charge in [0, 0.05) is 19.9 Å². The molecule has 5 nitrogen and oxygen atoms in total. The molecule has 0 bridgehead atoms. The zero-order chi connectivity index (χ0) is 16.8. The lowest BCUT2D eigenvalue weighted by Gasteiger charge is -2.03. The van der Waals surface area contributed by atoms with E-state index in [1.165, 1.54) is 0 Å². The first-order valence-electron chi connectivity index (χ1n) is 7.70. The number of hydrogen-bond donors (Lipinski definition) is 1. The van der Waals surface area contributed by atoms with Crippen LogP contribution in [0.5, 0.6) is 0 Å². The zero-order valence-corrected chi connectivity index (χ0v) is 14.3.